The third-order valence-electron chi connectivity index (χ3n) is 3.72. The third-order valence-corrected chi connectivity index (χ3v) is 6.61. The maximum atomic E-state index is 12.8. The van der Waals surface area contributed by atoms with Gasteiger partial charge in [-0.3, -0.25) is 0 Å². The number of nitrogens with two attached hydrogens (primary N) is 1. The zero-order valence-corrected chi connectivity index (χ0v) is 14.3. The molecule has 1 saturated carbocycles. The molecule has 1 fully saturated rings. The zero-order valence-electron chi connectivity index (χ0n) is 11.9. The normalized spacial score (nSPS) is 15.8. The average Bonchev–Trinajstić information content (AvgIpc) is 3.22. The van der Waals surface area contributed by atoms with Crippen LogP contribution in [0.15, 0.2) is 21.5 Å². The first kappa shape index (κ1) is 15.9. The van der Waals surface area contributed by atoms with E-state index in [4.69, 9.17) is 5.73 Å². The van der Waals surface area contributed by atoms with Crippen LogP contribution < -0.4 is 5.73 Å². The predicted molar refractivity (Wildman–Crippen MR) is 83.9 cm³/mol. The van der Waals surface area contributed by atoms with Crippen LogP contribution in [-0.2, 0) is 16.6 Å². The van der Waals surface area contributed by atoms with E-state index in [1.165, 1.54) is 0 Å². The van der Waals surface area contributed by atoms with Crippen molar-refractivity contribution in [3.05, 3.63) is 27.7 Å². The number of sulfonamides is 1. The topological polar surface area (TPSA) is 63.4 Å². The molecule has 1 aliphatic carbocycles. The minimum absolute atomic E-state index is 0.330. The first-order valence-electron chi connectivity index (χ1n) is 6.89. The van der Waals surface area contributed by atoms with Crippen LogP contribution in [0.2, 0.25) is 0 Å². The van der Waals surface area contributed by atoms with E-state index in [2.05, 4.69) is 15.9 Å². The Kier molecular flexibility index (Phi) is 4.89. The van der Waals surface area contributed by atoms with Crippen LogP contribution >= 0.6 is 15.9 Å². The lowest BCUT2D eigenvalue weighted by Gasteiger charge is -2.22. The number of benzene rings is 1. The van der Waals surface area contributed by atoms with Crippen LogP contribution in [0, 0.1) is 12.8 Å². The standard InChI is InChI=1S/C14H21BrN2O2S/c1-3-17(9-11-4-5-11)20(18,19)14-7-12(8-16)6-13(15)10(14)2/h6-7,11H,3-5,8-9,16H2,1-2H3. The highest BCUT2D eigenvalue weighted by Gasteiger charge is 2.32. The van der Waals surface area contributed by atoms with Crippen molar-refractivity contribution in [3.63, 3.8) is 0 Å². The molecule has 0 aliphatic heterocycles. The van der Waals surface area contributed by atoms with E-state index in [0.29, 0.717) is 30.4 Å². The van der Waals surface area contributed by atoms with E-state index in [1.807, 2.05) is 19.9 Å². The SMILES string of the molecule is CCN(CC1CC1)S(=O)(=O)c1cc(CN)cc(Br)c1C. The highest BCUT2D eigenvalue weighted by Crippen LogP contribution is 2.33. The summed E-state index contributed by atoms with van der Waals surface area (Å²) < 4.78 is 28.0. The summed E-state index contributed by atoms with van der Waals surface area (Å²) in [4.78, 5) is 0.370. The highest BCUT2D eigenvalue weighted by molar-refractivity contribution is 9.10. The lowest BCUT2D eigenvalue weighted by molar-refractivity contribution is 0.411. The largest absolute Gasteiger partial charge is 0.326 e. The first-order chi connectivity index (χ1) is 9.40. The van der Waals surface area contributed by atoms with E-state index in [1.54, 1.807) is 10.4 Å². The number of hydrogen-bond acceptors (Lipinski definition) is 3. The summed E-state index contributed by atoms with van der Waals surface area (Å²) in [6.07, 6.45) is 2.27. The molecule has 112 valence electrons. The summed E-state index contributed by atoms with van der Waals surface area (Å²) in [7, 11) is -3.44. The van der Waals surface area contributed by atoms with Gasteiger partial charge in [0.1, 0.15) is 0 Å². The molecule has 20 heavy (non-hydrogen) atoms. The molecule has 6 heteroatoms. The molecule has 4 nitrogen and oxygen atoms in total. The van der Waals surface area contributed by atoms with E-state index in [-0.39, 0.29) is 0 Å². The van der Waals surface area contributed by atoms with Gasteiger partial charge in [-0.05, 0) is 48.9 Å². The molecule has 1 aromatic rings. The number of rotatable bonds is 6. The van der Waals surface area contributed by atoms with E-state index < -0.39 is 10.0 Å². The molecule has 0 atom stereocenters. The van der Waals surface area contributed by atoms with Crippen molar-refractivity contribution >= 4 is 26.0 Å². The third kappa shape index (κ3) is 3.24. The second kappa shape index (κ2) is 6.13. The van der Waals surface area contributed by atoms with Crippen molar-refractivity contribution < 1.29 is 8.42 Å². The van der Waals surface area contributed by atoms with Crippen molar-refractivity contribution in [3.8, 4) is 0 Å². The van der Waals surface area contributed by atoms with Crippen molar-refractivity contribution in [2.24, 2.45) is 11.7 Å². The molecule has 2 rings (SSSR count). The quantitative estimate of drug-likeness (QED) is 0.847. The van der Waals surface area contributed by atoms with E-state index in [0.717, 1.165) is 28.4 Å². The molecule has 0 heterocycles. The van der Waals surface area contributed by atoms with Crippen LogP contribution in [0.3, 0.4) is 0 Å². The fourth-order valence-corrected chi connectivity index (χ4v) is 4.68. The van der Waals surface area contributed by atoms with Gasteiger partial charge in [-0.1, -0.05) is 22.9 Å². The Bertz CT molecular complexity index is 597. The van der Waals surface area contributed by atoms with Gasteiger partial charge in [0.05, 0.1) is 4.90 Å². The molecule has 0 aromatic heterocycles. The molecule has 0 amide bonds. The Morgan fingerprint density at radius 2 is 2.05 bits per heavy atom. The smallest absolute Gasteiger partial charge is 0.243 e. The molecule has 1 aromatic carbocycles. The van der Waals surface area contributed by atoms with Gasteiger partial charge in [-0.2, -0.15) is 4.31 Å². The van der Waals surface area contributed by atoms with Crippen molar-refractivity contribution in [1.29, 1.82) is 0 Å². The Hall–Kier alpha value is -0.430. The van der Waals surface area contributed by atoms with Crippen LogP contribution in [0.1, 0.15) is 30.9 Å². The second-order valence-corrected chi connectivity index (χ2v) is 8.06. The van der Waals surface area contributed by atoms with Crippen molar-refractivity contribution in [1.82, 2.24) is 4.31 Å². The molecular formula is C14H21BrN2O2S. The Morgan fingerprint density at radius 3 is 2.55 bits per heavy atom. The molecular weight excluding hydrogens is 340 g/mol. The maximum absolute atomic E-state index is 12.8. The summed E-state index contributed by atoms with van der Waals surface area (Å²) in [6, 6.07) is 3.58. The summed E-state index contributed by atoms with van der Waals surface area (Å²) in [6.45, 7) is 5.17. The molecule has 0 bridgehead atoms. The molecule has 0 radical (unpaired) electrons. The molecule has 2 N–H and O–H groups in total. The minimum Gasteiger partial charge on any atom is -0.326 e. The Labute approximate surface area is 129 Å². The van der Waals surface area contributed by atoms with Gasteiger partial charge in [0.25, 0.3) is 0 Å². The van der Waals surface area contributed by atoms with Gasteiger partial charge in [-0.25, -0.2) is 8.42 Å². The molecule has 1 aliphatic rings. The Morgan fingerprint density at radius 1 is 1.40 bits per heavy atom. The predicted octanol–water partition coefficient (Wildman–Crippen LogP) is 2.64. The fraction of sp³-hybridized carbons (Fsp3) is 0.571. The van der Waals surface area contributed by atoms with E-state index in [9.17, 15) is 8.42 Å². The van der Waals surface area contributed by atoms with Gasteiger partial charge in [0, 0.05) is 24.1 Å². The summed E-state index contributed by atoms with van der Waals surface area (Å²) in [5.74, 6) is 0.533. The van der Waals surface area contributed by atoms with E-state index >= 15 is 0 Å². The van der Waals surface area contributed by atoms with Gasteiger partial charge in [-0.15, -0.1) is 0 Å². The molecule has 0 unspecified atom stereocenters. The van der Waals surface area contributed by atoms with Crippen molar-refractivity contribution in [2.75, 3.05) is 13.1 Å². The molecule has 0 saturated heterocycles. The number of nitrogens with zero attached hydrogens (tertiary/aromatic N) is 1. The van der Waals surface area contributed by atoms with Crippen LogP contribution in [-0.4, -0.2) is 25.8 Å². The van der Waals surface area contributed by atoms with Gasteiger partial charge in [0.15, 0.2) is 0 Å². The first-order valence-corrected chi connectivity index (χ1v) is 9.12. The second-order valence-electron chi connectivity index (χ2n) is 5.30. The van der Waals surface area contributed by atoms with Gasteiger partial charge in [0.2, 0.25) is 10.0 Å². The minimum atomic E-state index is -3.44. The average molecular weight is 361 g/mol. The summed E-state index contributed by atoms with van der Waals surface area (Å²) in [5.41, 5.74) is 7.22. The Balaban J connectivity index is 2.43. The van der Waals surface area contributed by atoms with Crippen LogP contribution in [0.25, 0.3) is 0 Å². The highest BCUT2D eigenvalue weighted by atomic mass is 79.9. The number of hydrogen-bond donors (Lipinski definition) is 1. The summed E-state index contributed by atoms with van der Waals surface area (Å²) in [5, 5.41) is 0. The zero-order chi connectivity index (χ0) is 14.9. The van der Waals surface area contributed by atoms with Gasteiger partial charge >= 0.3 is 0 Å². The van der Waals surface area contributed by atoms with Crippen LogP contribution in [0.5, 0.6) is 0 Å². The fourth-order valence-electron chi connectivity index (χ4n) is 2.22. The lowest BCUT2D eigenvalue weighted by Crippen LogP contribution is -2.33. The number of halogens is 1. The monoisotopic (exact) mass is 360 g/mol. The maximum Gasteiger partial charge on any atom is 0.243 e. The van der Waals surface area contributed by atoms with Gasteiger partial charge < -0.3 is 5.73 Å². The molecule has 0 spiro atoms. The lowest BCUT2D eigenvalue weighted by atomic mass is 10.1. The van der Waals surface area contributed by atoms with Crippen LogP contribution in [0.4, 0.5) is 0 Å². The summed E-state index contributed by atoms with van der Waals surface area (Å²) >= 11 is 3.43. The van der Waals surface area contributed by atoms with Crippen molar-refractivity contribution in [2.45, 2.75) is 38.1 Å².